The average Bonchev–Trinajstić information content (AvgIpc) is 4.06. The third kappa shape index (κ3) is 3.99. The van der Waals surface area contributed by atoms with Crippen molar-refractivity contribution < 1.29 is 0 Å². The summed E-state index contributed by atoms with van der Waals surface area (Å²) in [7, 11) is 0. The highest BCUT2D eigenvalue weighted by Gasteiger charge is 2.59. The molecule has 2 nitrogen and oxygen atoms in total. The maximum atomic E-state index is 2.61. The van der Waals surface area contributed by atoms with Gasteiger partial charge in [0.05, 0.1) is 32.9 Å². The smallest absolute Gasteiger partial charge is 0.0720 e. The molecule has 64 heavy (non-hydrogen) atoms. The molecule has 0 N–H and O–H groups in total. The molecule has 15 rings (SSSR count). The minimum Gasteiger partial charge on any atom is -0.309 e. The standard InChI is InChI=1S/C62H38N2/c1-2-18-39(19-3-1)63-57-32-16-8-24-45(57)47-35-34-40(36-59(47)63)64-58-33-17-9-25-46(58)48-37-55-56(38-60(48)64)62(51-28-12-6-22-43(51)44-23-7-13-29-52(44)62)54-31-15-14-30-53(54)61(55)49-26-10-4-20-41(49)42-21-5-11-27-50(42)61/h1-38H. The summed E-state index contributed by atoms with van der Waals surface area (Å²) in [5.74, 6) is 0. The zero-order valence-corrected chi connectivity index (χ0v) is 34.8. The van der Waals surface area contributed by atoms with Crippen molar-refractivity contribution >= 4 is 43.6 Å². The molecule has 2 aromatic heterocycles. The molecule has 3 aliphatic rings. The van der Waals surface area contributed by atoms with Gasteiger partial charge in [-0.2, -0.15) is 0 Å². The summed E-state index contributed by atoms with van der Waals surface area (Å²) in [5.41, 5.74) is 22.0. The first-order valence-electron chi connectivity index (χ1n) is 22.4. The number of para-hydroxylation sites is 3. The SMILES string of the molecule is c1ccc(-n2c3ccccc3c3ccc(-n4c5ccccc5c5cc6c(cc54)C4(c5ccccc5-c5ccccc54)c4ccccc4C64c5ccccc5-c5ccccc54)cc32)cc1. The molecule has 0 atom stereocenters. The Labute approximate surface area is 370 Å². The fourth-order valence-corrected chi connectivity index (χ4v) is 12.9. The first-order valence-corrected chi connectivity index (χ1v) is 22.4. The van der Waals surface area contributed by atoms with Gasteiger partial charge in [0.2, 0.25) is 0 Å². The number of benzene rings is 10. The van der Waals surface area contributed by atoms with E-state index in [4.69, 9.17) is 0 Å². The molecule has 0 amide bonds. The Kier molecular flexibility index (Phi) is 6.58. The lowest BCUT2D eigenvalue weighted by Crippen LogP contribution is -2.43. The summed E-state index contributed by atoms with van der Waals surface area (Å²) in [6.45, 7) is 0. The van der Waals surface area contributed by atoms with Gasteiger partial charge in [-0.1, -0.05) is 182 Å². The minimum atomic E-state index is -0.573. The van der Waals surface area contributed by atoms with Crippen LogP contribution in [0.15, 0.2) is 231 Å². The molecule has 3 aliphatic carbocycles. The summed E-state index contributed by atoms with van der Waals surface area (Å²) in [6, 6.07) is 87.2. The molecule has 2 heteroatoms. The maximum Gasteiger partial charge on any atom is 0.0720 e. The van der Waals surface area contributed by atoms with E-state index in [9.17, 15) is 0 Å². The number of hydrogen-bond donors (Lipinski definition) is 0. The molecular weight excluding hydrogens is 773 g/mol. The fraction of sp³-hybridized carbons (Fsp3) is 0.0323. The van der Waals surface area contributed by atoms with E-state index >= 15 is 0 Å². The molecule has 2 heterocycles. The minimum absolute atomic E-state index is 0.552. The zero-order valence-electron chi connectivity index (χ0n) is 34.8. The third-order valence-electron chi connectivity index (χ3n) is 15.2. The van der Waals surface area contributed by atoms with E-state index in [-0.39, 0.29) is 0 Å². The van der Waals surface area contributed by atoms with Crippen LogP contribution in [0.5, 0.6) is 0 Å². The maximum absolute atomic E-state index is 2.61. The van der Waals surface area contributed by atoms with E-state index in [0.29, 0.717) is 0 Å². The van der Waals surface area contributed by atoms with Crippen LogP contribution in [0.3, 0.4) is 0 Å². The molecule has 0 saturated carbocycles. The highest BCUT2D eigenvalue weighted by molar-refractivity contribution is 6.13. The van der Waals surface area contributed by atoms with E-state index in [1.807, 2.05) is 0 Å². The molecule has 2 spiro atoms. The van der Waals surface area contributed by atoms with Gasteiger partial charge in [0, 0.05) is 32.9 Å². The van der Waals surface area contributed by atoms with Crippen molar-refractivity contribution in [1.82, 2.24) is 9.13 Å². The van der Waals surface area contributed by atoms with Crippen molar-refractivity contribution in [2.45, 2.75) is 10.8 Å². The third-order valence-corrected chi connectivity index (χ3v) is 15.2. The van der Waals surface area contributed by atoms with Crippen molar-refractivity contribution in [2.75, 3.05) is 0 Å². The molecule has 0 saturated heterocycles. The van der Waals surface area contributed by atoms with Gasteiger partial charge in [0.25, 0.3) is 0 Å². The lowest BCUT2D eigenvalue weighted by atomic mass is 9.52. The van der Waals surface area contributed by atoms with Crippen LogP contribution in [0.25, 0.3) is 77.2 Å². The first-order chi connectivity index (χ1) is 31.8. The number of fused-ring (bicyclic) bond motifs is 22. The Morgan fingerprint density at radius 1 is 0.219 bits per heavy atom. The topological polar surface area (TPSA) is 9.86 Å². The van der Waals surface area contributed by atoms with Crippen LogP contribution in [-0.4, -0.2) is 9.13 Å². The molecule has 0 radical (unpaired) electrons. The fourth-order valence-electron chi connectivity index (χ4n) is 12.9. The Morgan fingerprint density at radius 3 is 1.12 bits per heavy atom. The van der Waals surface area contributed by atoms with E-state index in [1.165, 1.54) is 110 Å². The van der Waals surface area contributed by atoms with Crippen LogP contribution in [-0.2, 0) is 10.8 Å². The molecule has 0 unspecified atom stereocenters. The Balaban J connectivity index is 1.14. The van der Waals surface area contributed by atoms with Gasteiger partial charge >= 0.3 is 0 Å². The highest BCUT2D eigenvalue weighted by Crippen LogP contribution is 2.68. The first kappa shape index (κ1) is 34.4. The van der Waals surface area contributed by atoms with Gasteiger partial charge in [-0.15, -0.1) is 0 Å². The Hall–Kier alpha value is -8.20. The molecule has 0 fully saturated rings. The summed E-state index contributed by atoms with van der Waals surface area (Å²) >= 11 is 0. The van der Waals surface area contributed by atoms with Crippen molar-refractivity contribution in [3.05, 3.63) is 275 Å². The molecule has 12 aromatic rings. The Bertz CT molecular complexity index is 3880. The monoisotopic (exact) mass is 810 g/mol. The zero-order chi connectivity index (χ0) is 41.7. The van der Waals surface area contributed by atoms with Crippen LogP contribution in [0.1, 0.15) is 44.5 Å². The van der Waals surface area contributed by atoms with Gasteiger partial charge in [-0.3, -0.25) is 0 Å². The second kappa shape index (κ2) is 12.2. The number of aromatic nitrogens is 2. The Morgan fingerprint density at radius 2 is 0.594 bits per heavy atom. The quantitative estimate of drug-likeness (QED) is 0.165. The van der Waals surface area contributed by atoms with Crippen LogP contribution in [0.4, 0.5) is 0 Å². The summed E-state index contributed by atoms with van der Waals surface area (Å²) in [6.07, 6.45) is 0. The molecular formula is C62H38N2. The second-order valence-electron chi connectivity index (χ2n) is 17.9. The van der Waals surface area contributed by atoms with Crippen LogP contribution < -0.4 is 0 Å². The molecule has 10 aromatic carbocycles. The van der Waals surface area contributed by atoms with Gasteiger partial charge in [-0.25, -0.2) is 0 Å². The normalized spacial score (nSPS) is 14.5. The van der Waals surface area contributed by atoms with Crippen LogP contribution in [0, 0.1) is 0 Å². The molecule has 0 aliphatic heterocycles. The summed E-state index contributed by atoms with van der Waals surface area (Å²) in [5, 5.41) is 5.01. The average molecular weight is 811 g/mol. The largest absolute Gasteiger partial charge is 0.309 e. The van der Waals surface area contributed by atoms with E-state index in [2.05, 4.69) is 240 Å². The highest BCUT2D eigenvalue weighted by atomic mass is 15.0. The van der Waals surface area contributed by atoms with Crippen molar-refractivity contribution in [2.24, 2.45) is 0 Å². The van der Waals surface area contributed by atoms with Crippen molar-refractivity contribution in [3.8, 4) is 33.6 Å². The van der Waals surface area contributed by atoms with Gasteiger partial charge in [-0.05, 0) is 115 Å². The lowest BCUT2D eigenvalue weighted by molar-refractivity contribution is 0.634. The summed E-state index contributed by atoms with van der Waals surface area (Å²) in [4.78, 5) is 0. The van der Waals surface area contributed by atoms with Crippen molar-refractivity contribution in [3.63, 3.8) is 0 Å². The van der Waals surface area contributed by atoms with E-state index in [1.54, 1.807) is 0 Å². The van der Waals surface area contributed by atoms with Gasteiger partial charge < -0.3 is 9.13 Å². The van der Waals surface area contributed by atoms with Crippen LogP contribution in [0.2, 0.25) is 0 Å². The predicted molar refractivity (Wildman–Crippen MR) is 263 cm³/mol. The van der Waals surface area contributed by atoms with E-state index < -0.39 is 10.8 Å². The van der Waals surface area contributed by atoms with Crippen LogP contribution >= 0.6 is 0 Å². The number of hydrogen-bond acceptors (Lipinski definition) is 0. The second-order valence-corrected chi connectivity index (χ2v) is 17.9. The summed E-state index contributed by atoms with van der Waals surface area (Å²) < 4.78 is 4.97. The van der Waals surface area contributed by atoms with Gasteiger partial charge in [0.1, 0.15) is 0 Å². The lowest BCUT2D eigenvalue weighted by Gasteiger charge is -2.49. The molecule has 0 bridgehead atoms. The number of nitrogens with zero attached hydrogens (tertiary/aromatic N) is 2. The van der Waals surface area contributed by atoms with E-state index in [0.717, 1.165) is 11.4 Å². The van der Waals surface area contributed by atoms with Crippen molar-refractivity contribution in [1.29, 1.82) is 0 Å². The van der Waals surface area contributed by atoms with Gasteiger partial charge in [0.15, 0.2) is 0 Å². The predicted octanol–water partition coefficient (Wildman–Crippen LogP) is 14.9. The number of rotatable bonds is 2. The molecule has 296 valence electrons.